The van der Waals surface area contributed by atoms with Gasteiger partial charge in [-0.1, -0.05) is 12.2 Å². The number of hydrogen-bond donors (Lipinski definition) is 2. The minimum absolute atomic E-state index is 0.0709. The largest absolute Gasteiger partial charge is 0.477 e. The number of aliphatic carboxylic acids is 1. The van der Waals surface area contributed by atoms with Crippen molar-refractivity contribution in [3.63, 3.8) is 0 Å². The van der Waals surface area contributed by atoms with Gasteiger partial charge in [-0.3, -0.25) is 4.55 Å². The fraction of sp³-hybridized carbons (Fsp3) is 0.167. The number of rotatable bonds is 4. The van der Waals surface area contributed by atoms with E-state index in [-0.39, 0.29) is 6.42 Å². The van der Waals surface area contributed by atoms with E-state index in [0.717, 1.165) is 6.08 Å². The maximum absolute atomic E-state index is 10.4. The van der Waals surface area contributed by atoms with Crippen LogP contribution in [0, 0.1) is 0 Å². The normalized spacial score (nSPS) is 12.6. The van der Waals surface area contributed by atoms with Crippen LogP contribution in [0.3, 0.4) is 0 Å². The molecule has 0 radical (unpaired) electrons. The van der Waals surface area contributed by atoms with Gasteiger partial charge in [-0.15, -0.1) is 6.58 Å². The van der Waals surface area contributed by atoms with Crippen molar-refractivity contribution < 1.29 is 22.9 Å². The summed E-state index contributed by atoms with van der Waals surface area (Å²) in [5.74, 6) is -1.68. The molecule has 68 valence electrons. The molecule has 0 saturated carbocycles. The lowest BCUT2D eigenvalue weighted by Gasteiger charge is -1.95. The second kappa shape index (κ2) is 4.03. The molecule has 0 amide bonds. The first-order valence-corrected chi connectivity index (χ1v) is 4.35. The fourth-order valence-corrected chi connectivity index (χ4v) is 1.02. The van der Waals surface area contributed by atoms with Gasteiger partial charge in [0.2, 0.25) is 0 Å². The van der Waals surface area contributed by atoms with E-state index in [1.165, 1.54) is 6.08 Å². The maximum Gasteiger partial charge on any atom is 0.349 e. The van der Waals surface area contributed by atoms with Gasteiger partial charge in [-0.05, 0) is 6.42 Å². The molecule has 0 aliphatic carbocycles. The maximum atomic E-state index is 10.4. The van der Waals surface area contributed by atoms with Crippen LogP contribution in [-0.4, -0.2) is 24.0 Å². The van der Waals surface area contributed by atoms with Gasteiger partial charge >= 0.3 is 16.1 Å². The molecule has 0 aromatic carbocycles. The zero-order chi connectivity index (χ0) is 9.78. The first kappa shape index (κ1) is 10.9. The van der Waals surface area contributed by atoms with Crippen molar-refractivity contribution in [2.75, 3.05) is 0 Å². The summed E-state index contributed by atoms with van der Waals surface area (Å²) in [6, 6.07) is 0. The molecule has 0 aliphatic heterocycles. The predicted molar refractivity (Wildman–Crippen MR) is 42.1 cm³/mol. The molecule has 0 saturated heterocycles. The van der Waals surface area contributed by atoms with Crippen LogP contribution in [0.25, 0.3) is 0 Å². The highest BCUT2D eigenvalue weighted by Crippen LogP contribution is 2.05. The number of allylic oxidation sites excluding steroid dienone is 2. The van der Waals surface area contributed by atoms with Gasteiger partial charge in [0.1, 0.15) is 0 Å². The molecule has 0 atom stereocenters. The summed E-state index contributed by atoms with van der Waals surface area (Å²) < 4.78 is 29.1. The van der Waals surface area contributed by atoms with Crippen molar-refractivity contribution >= 4 is 16.1 Å². The third-order valence-electron chi connectivity index (χ3n) is 0.959. The summed E-state index contributed by atoms with van der Waals surface area (Å²) in [6.07, 6.45) is 2.25. The molecule has 0 aliphatic rings. The number of carbonyl (C=O) groups is 1. The topological polar surface area (TPSA) is 91.7 Å². The Hall–Kier alpha value is -1.14. The van der Waals surface area contributed by atoms with Crippen LogP contribution in [-0.2, 0) is 14.9 Å². The molecule has 0 spiro atoms. The highest BCUT2D eigenvalue weighted by molar-refractivity contribution is 7.90. The Morgan fingerprint density at radius 1 is 1.50 bits per heavy atom. The molecule has 2 N–H and O–H groups in total. The Balaban J connectivity index is 4.94. The van der Waals surface area contributed by atoms with Crippen LogP contribution >= 0.6 is 0 Å². The molecule has 0 fully saturated rings. The average molecular weight is 192 g/mol. The molecule has 0 unspecified atom stereocenters. The smallest absolute Gasteiger partial charge is 0.349 e. The minimum Gasteiger partial charge on any atom is -0.477 e. The number of carboxylic acids is 1. The molecule has 5 nitrogen and oxygen atoms in total. The Morgan fingerprint density at radius 3 is 2.25 bits per heavy atom. The lowest BCUT2D eigenvalue weighted by molar-refractivity contribution is -0.131. The van der Waals surface area contributed by atoms with Crippen molar-refractivity contribution in [3.8, 4) is 0 Å². The minimum atomic E-state index is -4.62. The third-order valence-corrected chi connectivity index (χ3v) is 1.86. The van der Waals surface area contributed by atoms with Crippen LogP contribution in [0.4, 0.5) is 0 Å². The van der Waals surface area contributed by atoms with Crippen molar-refractivity contribution in [3.05, 3.63) is 23.6 Å². The van der Waals surface area contributed by atoms with E-state index < -0.39 is 21.0 Å². The first-order valence-electron chi connectivity index (χ1n) is 2.91. The second-order valence-corrected chi connectivity index (χ2v) is 3.26. The summed E-state index contributed by atoms with van der Waals surface area (Å²) in [5.41, 5.74) is 0. The zero-order valence-corrected chi connectivity index (χ0v) is 6.91. The SMILES string of the molecule is C=CC/C=C(/C(=O)O)S(=O)(=O)O. The van der Waals surface area contributed by atoms with Gasteiger partial charge in [0.15, 0.2) is 4.91 Å². The number of carboxylic acid groups (broad SMARTS) is 1. The lowest BCUT2D eigenvalue weighted by Crippen LogP contribution is -2.11. The molecule has 0 heterocycles. The lowest BCUT2D eigenvalue weighted by atomic mass is 10.4. The van der Waals surface area contributed by atoms with E-state index in [1.807, 2.05) is 0 Å². The van der Waals surface area contributed by atoms with Gasteiger partial charge in [0.25, 0.3) is 0 Å². The number of hydrogen-bond acceptors (Lipinski definition) is 3. The van der Waals surface area contributed by atoms with Crippen LogP contribution < -0.4 is 0 Å². The van der Waals surface area contributed by atoms with Crippen molar-refractivity contribution in [2.45, 2.75) is 6.42 Å². The van der Waals surface area contributed by atoms with E-state index in [0.29, 0.717) is 0 Å². The molecular formula is C6H8O5S. The summed E-state index contributed by atoms with van der Waals surface area (Å²) in [4.78, 5) is 9.18. The van der Waals surface area contributed by atoms with Gasteiger partial charge < -0.3 is 5.11 Å². The molecule has 0 rings (SSSR count). The van der Waals surface area contributed by atoms with Crippen LogP contribution in [0.2, 0.25) is 0 Å². The predicted octanol–water partition coefficient (Wildman–Crippen LogP) is 0.419. The first-order chi connectivity index (χ1) is 5.39. The highest BCUT2D eigenvalue weighted by Gasteiger charge is 2.20. The average Bonchev–Trinajstić information content (AvgIpc) is 1.84. The Morgan fingerprint density at radius 2 is 2.00 bits per heavy atom. The van der Waals surface area contributed by atoms with E-state index in [2.05, 4.69) is 6.58 Å². The van der Waals surface area contributed by atoms with Crippen molar-refractivity contribution in [1.29, 1.82) is 0 Å². The molecular weight excluding hydrogens is 184 g/mol. The summed E-state index contributed by atoms with van der Waals surface area (Å²) in [6.45, 7) is 3.26. The van der Waals surface area contributed by atoms with Gasteiger partial charge in [0.05, 0.1) is 0 Å². The molecule has 0 aromatic heterocycles. The monoisotopic (exact) mass is 192 g/mol. The van der Waals surface area contributed by atoms with Crippen LogP contribution in [0.15, 0.2) is 23.6 Å². The van der Waals surface area contributed by atoms with E-state index in [1.54, 1.807) is 0 Å². The van der Waals surface area contributed by atoms with E-state index in [9.17, 15) is 13.2 Å². The highest BCUT2D eigenvalue weighted by atomic mass is 32.2. The van der Waals surface area contributed by atoms with Crippen LogP contribution in [0.5, 0.6) is 0 Å². The quantitative estimate of drug-likeness (QED) is 0.382. The van der Waals surface area contributed by atoms with E-state index in [4.69, 9.17) is 9.66 Å². The molecule has 6 heteroatoms. The Bertz CT molecular complexity index is 311. The van der Waals surface area contributed by atoms with Crippen molar-refractivity contribution in [2.24, 2.45) is 0 Å². The second-order valence-electron chi connectivity index (χ2n) is 1.87. The fourth-order valence-electron chi connectivity index (χ4n) is 0.493. The molecule has 0 bridgehead atoms. The zero-order valence-electron chi connectivity index (χ0n) is 6.10. The standard InChI is InChI=1S/C6H8O5S/c1-2-3-4-5(6(7)8)12(9,10)11/h2,4H,1,3H2,(H,7,8)(H,9,10,11)/b5-4-. The van der Waals surface area contributed by atoms with Crippen molar-refractivity contribution in [1.82, 2.24) is 0 Å². The molecule has 0 aromatic rings. The Labute approximate surface area is 69.8 Å². The summed E-state index contributed by atoms with van der Waals surface area (Å²) >= 11 is 0. The summed E-state index contributed by atoms with van der Waals surface area (Å²) in [5, 5.41) is 8.29. The van der Waals surface area contributed by atoms with Gasteiger partial charge in [-0.25, -0.2) is 4.79 Å². The Kier molecular flexibility index (Phi) is 3.65. The van der Waals surface area contributed by atoms with Gasteiger partial charge in [0, 0.05) is 0 Å². The van der Waals surface area contributed by atoms with Gasteiger partial charge in [-0.2, -0.15) is 8.42 Å². The molecule has 12 heavy (non-hydrogen) atoms. The summed E-state index contributed by atoms with van der Waals surface area (Å²) in [7, 11) is -4.62. The van der Waals surface area contributed by atoms with Crippen LogP contribution in [0.1, 0.15) is 6.42 Å². The van der Waals surface area contributed by atoms with E-state index >= 15 is 0 Å². The third kappa shape index (κ3) is 3.31.